The SMILES string of the molecule is CC(C)NCc1csc(Cc2cccc(C(F)(F)F)c2)n1. The lowest BCUT2D eigenvalue weighted by atomic mass is 10.1. The van der Waals surface area contributed by atoms with Crippen LogP contribution in [0, 0.1) is 0 Å². The molecule has 0 fully saturated rings. The molecule has 0 atom stereocenters. The second kappa shape index (κ2) is 6.58. The van der Waals surface area contributed by atoms with Crippen LogP contribution in [0.5, 0.6) is 0 Å². The molecular weight excluding hydrogens is 297 g/mol. The van der Waals surface area contributed by atoms with Crippen LogP contribution >= 0.6 is 11.3 Å². The highest BCUT2D eigenvalue weighted by Crippen LogP contribution is 2.30. The van der Waals surface area contributed by atoms with E-state index in [4.69, 9.17) is 0 Å². The number of benzene rings is 1. The molecule has 6 heteroatoms. The van der Waals surface area contributed by atoms with E-state index in [1.54, 1.807) is 6.07 Å². The Morgan fingerprint density at radius 1 is 1.29 bits per heavy atom. The van der Waals surface area contributed by atoms with Crippen molar-refractivity contribution in [3.8, 4) is 0 Å². The number of nitrogens with one attached hydrogen (secondary N) is 1. The fraction of sp³-hybridized carbons (Fsp3) is 0.400. The Bertz CT molecular complexity index is 591. The maximum Gasteiger partial charge on any atom is 0.416 e. The number of hydrogen-bond donors (Lipinski definition) is 1. The summed E-state index contributed by atoms with van der Waals surface area (Å²) in [5, 5.41) is 6.03. The van der Waals surface area contributed by atoms with Crippen LogP contribution in [0.1, 0.15) is 35.7 Å². The van der Waals surface area contributed by atoms with Gasteiger partial charge in [-0.25, -0.2) is 4.98 Å². The van der Waals surface area contributed by atoms with Crippen molar-refractivity contribution >= 4 is 11.3 Å². The van der Waals surface area contributed by atoms with Crippen molar-refractivity contribution in [2.45, 2.75) is 39.0 Å². The second-order valence-electron chi connectivity index (χ2n) is 5.14. The van der Waals surface area contributed by atoms with Crippen molar-refractivity contribution in [3.63, 3.8) is 0 Å². The van der Waals surface area contributed by atoms with Crippen LogP contribution in [-0.2, 0) is 19.1 Å². The van der Waals surface area contributed by atoms with E-state index < -0.39 is 11.7 Å². The summed E-state index contributed by atoms with van der Waals surface area (Å²) in [6.07, 6.45) is -3.87. The number of aromatic nitrogens is 1. The molecule has 1 aromatic heterocycles. The molecule has 2 rings (SSSR count). The second-order valence-corrected chi connectivity index (χ2v) is 6.09. The van der Waals surface area contributed by atoms with Gasteiger partial charge in [-0.05, 0) is 11.6 Å². The van der Waals surface area contributed by atoms with Gasteiger partial charge < -0.3 is 5.32 Å². The summed E-state index contributed by atoms with van der Waals surface area (Å²) >= 11 is 1.48. The Balaban J connectivity index is 2.05. The zero-order valence-corrected chi connectivity index (χ0v) is 12.7. The zero-order chi connectivity index (χ0) is 15.5. The van der Waals surface area contributed by atoms with E-state index in [0.29, 0.717) is 24.6 Å². The topological polar surface area (TPSA) is 24.9 Å². The Morgan fingerprint density at radius 2 is 2.05 bits per heavy atom. The Labute approximate surface area is 126 Å². The molecule has 0 aliphatic heterocycles. The fourth-order valence-corrected chi connectivity index (χ4v) is 2.68. The van der Waals surface area contributed by atoms with Gasteiger partial charge in [0.25, 0.3) is 0 Å². The largest absolute Gasteiger partial charge is 0.416 e. The average molecular weight is 314 g/mol. The Hall–Kier alpha value is -1.40. The number of rotatable bonds is 5. The first-order valence-corrected chi connectivity index (χ1v) is 7.55. The van der Waals surface area contributed by atoms with E-state index in [-0.39, 0.29) is 0 Å². The molecule has 0 saturated heterocycles. The molecule has 0 saturated carbocycles. The van der Waals surface area contributed by atoms with Crippen LogP contribution in [0.15, 0.2) is 29.6 Å². The monoisotopic (exact) mass is 314 g/mol. The first-order chi connectivity index (χ1) is 9.84. The molecule has 1 heterocycles. The highest BCUT2D eigenvalue weighted by Gasteiger charge is 2.30. The lowest BCUT2D eigenvalue weighted by Crippen LogP contribution is -2.21. The molecule has 0 bridgehead atoms. The predicted molar refractivity (Wildman–Crippen MR) is 78.3 cm³/mol. The lowest BCUT2D eigenvalue weighted by Gasteiger charge is -2.08. The van der Waals surface area contributed by atoms with Crippen molar-refractivity contribution in [2.24, 2.45) is 0 Å². The normalized spacial score (nSPS) is 12.1. The Kier molecular flexibility index (Phi) is 5.00. The van der Waals surface area contributed by atoms with E-state index in [9.17, 15) is 13.2 Å². The molecular formula is C15H17F3N2S. The maximum atomic E-state index is 12.7. The minimum Gasteiger partial charge on any atom is -0.309 e. The highest BCUT2D eigenvalue weighted by molar-refractivity contribution is 7.09. The van der Waals surface area contributed by atoms with Gasteiger partial charge in [0.2, 0.25) is 0 Å². The molecule has 0 aliphatic rings. The Morgan fingerprint density at radius 3 is 2.71 bits per heavy atom. The number of hydrogen-bond acceptors (Lipinski definition) is 3. The minimum absolute atomic E-state index is 0.374. The fourth-order valence-electron chi connectivity index (χ4n) is 1.85. The molecule has 0 spiro atoms. The number of thiazole rings is 1. The van der Waals surface area contributed by atoms with Crippen molar-refractivity contribution in [1.82, 2.24) is 10.3 Å². The zero-order valence-electron chi connectivity index (χ0n) is 11.9. The summed E-state index contributed by atoms with van der Waals surface area (Å²) in [7, 11) is 0. The number of alkyl halides is 3. The smallest absolute Gasteiger partial charge is 0.309 e. The molecule has 0 unspecified atom stereocenters. The molecule has 0 amide bonds. The van der Waals surface area contributed by atoms with Crippen LogP contribution in [0.3, 0.4) is 0 Å². The van der Waals surface area contributed by atoms with Gasteiger partial charge in [-0.1, -0.05) is 32.0 Å². The summed E-state index contributed by atoms with van der Waals surface area (Å²) < 4.78 is 38.0. The van der Waals surface area contributed by atoms with Crippen molar-refractivity contribution in [3.05, 3.63) is 51.5 Å². The summed E-state index contributed by atoms with van der Waals surface area (Å²) in [6, 6.07) is 5.78. The maximum absolute atomic E-state index is 12.7. The van der Waals surface area contributed by atoms with Crippen molar-refractivity contribution in [1.29, 1.82) is 0 Å². The predicted octanol–water partition coefficient (Wildman–Crippen LogP) is 4.25. The van der Waals surface area contributed by atoms with Gasteiger partial charge in [-0.3, -0.25) is 0 Å². The summed E-state index contributed by atoms with van der Waals surface area (Å²) in [6.45, 7) is 4.78. The summed E-state index contributed by atoms with van der Waals surface area (Å²) in [5.41, 5.74) is 0.941. The van der Waals surface area contributed by atoms with E-state index in [1.807, 2.05) is 5.38 Å². The number of nitrogens with zero attached hydrogens (tertiary/aromatic N) is 1. The van der Waals surface area contributed by atoms with Crippen molar-refractivity contribution < 1.29 is 13.2 Å². The molecule has 1 aromatic carbocycles. The van der Waals surface area contributed by atoms with Gasteiger partial charge in [0, 0.05) is 24.4 Å². The highest BCUT2D eigenvalue weighted by atomic mass is 32.1. The first kappa shape index (κ1) is 16.0. The third kappa shape index (κ3) is 4.82. The summed E-state index contributed by atoms with van der Waals surface area (Å²) in [4.78, 5) is 4.44. The number of halogens is 3. The molecule has 114 valence electrons. The van der Waals surface area contributed by atoms with Gasteiger partial charge in [0.1, 0.15) is 0 Å². The third-order valence-corrected chi connectivity index (χ3v) is 3.80. The van der Waals surface area contributed by atoms with E-state index in [2.05, 4.69) is 24.1 Å². The first-order valence-electron chi connectivity index (χ1n) is 6.67. The van der Waals surface area contributed by atoms with E-state index in [1.165, 1.54) is 23.5 Å². The van der Waals surface area contributed by atoms with E-state index in [0.717, 1.165) is 16.8 Å². The van der Waals surface area contributed by atoms with Gasteiger partial charge in [0.15, 0.2) is 0 Å². The van der Waals surface area contributed by atoms with Gasteiger partial charge in [0.05, 0.1) is 16.3 Å². The van der Waals surface area contributed by atoms with Crippen LogP contribution in [-0.4, -0.2) is 11.0 Å². The van der Waals surface area contributed by atoms with Gasteiger partial charge in [-0.15, -0.1) is 11.3 Å². The van der Waals surface area contributed by atoms with Gasteiger partial charge >= 0.3 is 6.18 Å². The average Bonchev–Trinajstić information content (AvgIpc) is 2.83. The molecule has 1 N–H and O–H groups in total. The van der Waals surface area contributed by atoms with Crippen molar-refractivity contribution in [2.75, 3.05) is 0 Å². The van der Waals surface area contributed by atoms with Crippen LogP contribution in [0.4, 0.5) is 13.2 Å². The lowest BCUT2D eigenvalue weighted by molar-refractivity contribution is -0.137. The molecule has 0 aliphatic carbocycles. The third-order valence-electron chi connectivity index (χ3n) is 2.90. The van der Waals surface area contributed by atoms with Gasteiger partial charge in [-0.2, -0.15) is 13.2 Å². The molecule has 2 aromatic rings. The minimum atomic E-state index is -4.30. The van der Waals surface area contributed by atoms with Crippen LogP contribution in [0.25, 0.3) is 0 Å². The van der Waals surface area contributed by atoms with Crippen LogP contribution < -0.4 is 5.32 Å². The summed E-state index contributed by atoms with van der Waals surface area (Å²) in [5.74, 6) is 0. The standard InChI is InChI=1S/C15H17F3N2S/c1-10(2)19-8-13-9-21-14(20-13)7-11-4-3-5-12(6-11)15(16,17)18/h3-6,9-10,19H,7-8H2,1-2H3. The quantitative estimate of drug-likeness (QED) is 0.892. The van der Waals surface area contributed by atoms with Crippen LogP contribution in [0.2, 0.25) is 0 Å². The molecule has 21 heavy (non-hydrogen) atoms. The molecule has 2 nitrogen and oxygen atoms in total. The van der Waals surface area contributed by atoms with E-state index >= 15 is 0 Å². The molecule has 0 radical (unpaired) electrons.